The predicted octanol–water partition coefficient (Wildman–Crippen LogP) is 3.73. The Labute approximate surface area is 147 Å². The Kier molecular flexibility index (Phi) is 6.00. The lowest BCUT2D eigenvalue weighted by molar-refractivity contribution is -0.134. The van der Waals surface area contributed by atoms with Gasteiger partial charge in [0.05, 0.1) is 10.0 Å². The highest BCUT2D eigenvalue weighted by Gasteiger charge is 2.47. The number of carbonyl (C=O) groups excluding carboxylic acids is 1. The van der Waals surface area contributed by atoms with Crippen molar-refractivity contribution in [3.8, 4) is 0 Å². The van der Waals surface area contributed by atoms with Crippen LogP contribution in [-0.4, -0.2) is 37.0 Å². The van der Waals surface area contributed by atoms with Gasteiger partial charge in [-0.1, -0.05) is 35.3 Å². The number of likely N-dealkylation sites (N-methyl/N-ethyl adjacent to an activating group) is 1. The largest absolute Gasteiger partial charge is 0.341 e. The van der Waals surface area contributed by atoms with Crippen molar-refractivity contribution >= 4 is 41.5 Å². The number of carbonyl (C=O) groups is 1. The number of amides is 1. The average Bonchev–Trinajstić information content (AvgIpc) is 3.29. The van der Waals surface area contributed by atoms with E-state index in [1.807, 2.05) is 24.1 Å². The fourth-order valence-electron chi connectivity index (χ4n) is 3.27. The van der Waals surface area contributed by atoms with Gasteiger partial charge < -0.3 is 10.2 Å². The van der Waals surface area contributed by atoms with E-state index in [9.17, 15) is 4.79 Å². The molecule has 2 aliphatic rings. The molecule has 1 aromatic rings. The van der Waals surface area contributed by atoms with E-state index in [1.54, 1.807) is 6.07 Å². The highest BCUT2D eigenvalue weighted by Crippen LogP contribution is 2.51. The molecule has 2 fully saturated rings. The number of likely N-dealkylation sites (tertiary alicyclic amines) is 1. The van der Waals surface area contributed by atoms with Crippen molar-refractivity contribution < 1.29 is 4.79 Å². The highest BCUT2D eigenvalue weighted by molar-refractivity contribution is 6.42. The van der Waals surface area contributed by atoms with Gasteiger partial charge in [-0.2, -0.15) is 0 Å². The van der Waals surface area contributed by atoms with Crippen molar-refractivity contribution in [1.82, 2.24) is 10.2 Å². The standard InChI is InChI=1S/C16H20Cl2N2O.ClH/c1-19-10-4-3-7-20(9-10)16(21)13-8-12(13)11-5-2-6-14(17)15(11)18;/h2,5-6,10,12-13,19H,3-4,7-9H2,1H3;1H. The number of piperidine rings is 1. The molecule has 22 heavy (non-hydrogen) atoms. The van der Waals surface area contributed by atoms with Crippen LogP contribution >= 0.6 is 35.6 Å². The van der Waals surface area contributed by atoms with Crippen molar-refractivity contribution in [2.45, 2.75) is 31.2 Å². The van der Waals surface area contributed by atoms with Gasteiger partial charge in [-0.05, 0) is 43.9 Å². The summed E-state index contributed by atoms with van der Waals surface area (Å²) in [5, 5.41) is 4.45. The Bertz CT molecular complexity index is 552. The fraction of sp³-hybridized carbons (Fsp3) is 0.562. The summed E-state index contributed by atoms with van der Waals surface area (Å²) in [7, 11) is 1.96. The summed E-state index contributed by atoms with van der Waals surface area (Å²) in [6, 6.07) is 6.10. The van der Waals surface area contributed by atoms with Gasteiger partial charge in [-0.3, -0.25) is 4.79 Å². The van der Waals surface area contributed by atoms with Crippen LogP contribution in [0.15, 0.2) is 18.2 Å². The molecule has 3 atom stereocenters. The molecule has 1 saturated carbocycles. The van der Waals surface area contributed by atoms with Crippen molar-refractivity contribution in [1.29, 1.82) is 0 Å². The van der Waals surface area contributed by atoms with Gasteiger partial charge in [-0.25, -0.2) is 0 Å². The van der Waals surface area contributed by atoms with Gasteiger partial charge in [0.15, 0.2) is 0 Å². The zero-order valence-corrected chi connectivity index (χ0v) is 14.8. The Balaban J connectivity index is 0.00000176. The molecule has 0 bridgehead atoms. The quantitative estimate of drug-likeness (QED) is 0.887. The number of nitrogens with zero attached hydrogens (tertiary/aromatic N) is 1. The van der Waals surface area contributed by atoms with Crippen molar-refractivity contribution in [2.24, 2.45) is 5.92 Å². The normalized spacial score (nSPS) is 27.2. The van der Waals surface area contributed by atoms with E-state index < -0.39 is 0 Å². The molecule has 1 amide bonds. The minimum atomic E-state index is 0. The highest BCUT2D eigenvalue weighted by atomic mass is 35.5. The third-order valence-corrected chi connectivity index (χ3v) is 5.46. The van der Waals surface area contributed by atoms with Crippen molar-refractivity contribution in [3.05, 3.63) is 33.8 Å². The Hall–Kier alpha value is -0.480. The summed E-state index contributed by atoms with van der Waals surface area (Å²) in [5.41, 5.74) is 1.02. The molecule has 6 heteroatoms. The first-order chi connectivity index (χ1) is 10.1. The zero-order valence-electron chi connectivity index (χ0n) is 12.5. The van der Waals surface area contributed by atoms with Crippen molar-refractivity contribution in [2.75, 3.05) is 20.1 Å². The van der Waals surface area contributed by atoms with Gasteiger partial charge in [0.1, 0.15) is 0 Å². The molecule has 1 heterocycles. The number of benzene rings is 1. The fourth-order valence-corrected chi connectivity index (χ4v) is 3.71. The molecular formula is C16H21Cl3N2O. The molecule has 1 aromatic carbocycles. The second kappa shape index (κ2) is 7.39. The first-order valence-corrected chi connectivity index (χ1v) is 8.27. The SMILES string of the molecule is CNC1CCCN(C(=O)C2CC2c2cccc(Cl)c2Cl)C1.Cl. The second-order valence-electron chi connectivity index (χ2n) is 6.00. The van der Waals surface area contributed by atoms with Crippen LogP contribution in [0.5, 0.6) is 0 Å². The van der Waals surface area contributed by atoms with Crippen LogP contribution in [0.25, 0.3) is 0 Å². The van der Waals surface area contributed by atoms with E-state index in [0.29, 0.717) is 16.1 Å². The van der Waals surface area contributed by atoms with Crippen LogP contribution in [0.2, 0.25) is 10.0 Å². The minimum absolute atomic E-state index is 0. The molecule has 122 valence electrons. The van der Waals surface area contributed by atoms with Gasteiger partial charge >= 0.3 is 0 Å². The van der Waals surface area contributed by atoms with Gasteiger partial charge in [0.25, 0.3) is 0 Å². The molecule has 0 radical (unpaired) electrons. The van der Waals surface area contributed by atoms with E-state index in [-0.39, 0.29) is 30.2 Å². The molecule has 0 spiro atoms. The topological polar surface area (TPSA) is 32.3 Å². The third-order valence-electron chi connectivity index (χ3n) is 4.63. The summed E-state index contributed by atoms with van der Waals surface area (Å²) in [4.78, 5) is 14.6. The Morgan fingerprint density at radius 3 is 2.86 bits per heavy atom. The maximum Gasteiger partial charge on any atom is 0.226 e. The van der Waals surface area contributed by atoms with Crippen LogP contribution in [0.3, 0.4) is 0 Å². The Morgan fingerprint density at radius 1 is 1.36 bits per heavy atom. The number of halogens is 3. The summed E-state index contributed by atoms with van der Waals surface area (Å²) < 4.78 is 0. The molecular weight excluding hydrogens is 343 g/mol. The first kappa shape index (κ1) is 17.9. The summed E-state index contributed by atoms with van der Waals surface area (Å²) in [6.07, 6.45) is 3.11. The van der Waals surface area contributed by atoms with Crippen LogP contribution in [0.4, 0.5) is 0 Å². The van der Waals surface area contributed by atoms with Crippen LogP contribution in [0, 0.1) is 5.92 Å². The number of nitrogens with one attached hydrogen (secondary N) is 1. The molecule has 3 unspecified atom stereocenters. The summed E-state index contributed by atoms with van der Waals surface area (Å²) in [5.74, 6) is 0.589. The van der Waals surface area contributed by atoms with Crippen LogP contribution < -0.4 is 5.32 Å². The molecule has 0 aromatic heterocycles. The predicted molar refractivity (Wildman–Crippen MR) is 93.2 cm³/mol. The number of hydrogen-bond acceptors (Lipinski definition) is 2. The lowest BCUT2D eigenvalue weighted by Crippen LogP contribution is -2.47. The monoisotopic (exact) mass is 362 g/mol. The lowest BCUT2D eigenvalue weighted by atomic mass is 10.0. The van der Waals surface area contributed by atoms with Gasteiger partial charge in [0.2, 0.25) is 5.91 Å². The van der Waals surface area contributed by atoms with Gasteiger partial charge in [-0.15, -0.1) is 12.4 Å². The molecule has 1 aliphatic heterocycles. The van der Waals surface area contributed by atoms with Gasteiger partial charge in [0, 0.05) is 25.0 Å². The minimum Gasteiger partial charge on any atom is -0.341 e. The number of hydrogen-bond donors (Lipinski definition) is 1. The molecule has 1 N–H and O–H groups in total. The van der Waals surface area contributed by atoms with E-state index in [4.69, 9.17) is 23.2 Å². The molecule has 1 aliphatic carbocycles. The second-order valence-corrected chi connectivity index (χ2v) is 6.79. The summed E-state index contributed by atoms with van der Waals surface area (Å²) >= 11 is 12.3. The van der Waals surface area contributed by atoms with Crippen molar-refractivity contribution in [3.63, 3.8) is 0 Å². The maximum absolute atomic E-state index is 12.6. The molecule has 3 nitrogen and oxygen atoms in total. The lowest BCUT2D eigenvalue weighted by Gasteiger charge is -2.32. The zero-order chi connectivity index (χ0) is 15.0. The van der Waals surface area contributed by atoms with Crippen LogP contribution in [0.1, 0.15) is 30.7 Å². The first-order valence-electron chi connectivity index (χ1n) is 7.51. The third kappa shape index (κ3) is 3.53. The van der Waals surface area contributed by atoms with E-state index in [1.165, 1.54) is 0 Å². The van der Waals surface area contributed by atoms with E-state index in [2.05, 4.69) is 5.32 Å². The molecule has 3 rings (SSSR count). The summed E-state index contributed by atoms with van der Waals surface area (Å²) in [6.45, 7) is 1.70. The molecule has 1 saturated heterocycles. The average molecular weight is 364 g/mol. The van der Waals surface area contributed by atoms with Crippen LogP contribution in [-0.2, 0) is 4.79 Å². The maximum atomic E-state index is 12.6. The number of rotatable bonds is 3. The van der Waals surface area contributed by atoms with E-state index >= 15 is 0 Å². The van der Waals surface area contributed by atoms with E-state index in [0.717, 1.165) is 37.9 Å². The Morgan fingerprint density at radius 2 is 2.14 bits per heavy atom. The smallest absolute Gasteiger partial charge is 0.226 e.